The van der Waals surface area contributed by atoms with Crippen molar-refractivity contribution in [2.45, 2.75) is 13.8 Å². The van der Waals surface area contributed by atoms with Crippen LogP contribution in [0.25, 0.3) is 5.57 Å². The third-order valence-electron chi connectivity index (χ3n) is 2.15. The highest BCUT2D eigenvalue weighted by Crippen LogP contribution is 2.22. The van der Waals surface area contributed by atoms with Crippen molar-refractivity contribution in [1.82, 2.24) is 0 Å². The minimum Gasteiger partial charge on any atom is -0.399 e. The molecule has 0 spiro atoms. The van der Waals surface area contributed by atoms with Crippen LogP contribution in [0.1, 0.15) is 18.1 Å². The highest BCUT2D eigenvalue weighted by Gasteiger charge is 2.01. The summed E-state index contributed by atoms with van der Waals surface area (Å²) in [5.74, 6) is 0. The van der Waals surface area contributed by atoms with E-state index in [1.807, 2.05) is 13.0 Å². The van der Waals surface area contributed by atoms with Gasteiger partial charge in [-0.25, -0.2) is 0 Å². The van der Waals surface area contributed by atoms with Gasteiger partial charge in [0.25, 0.3) is 0 Å². The number of aryl methyl sites for hydroxylation is 1. The van der Waals surface area contributed by atoms with Gasteiger partial charge in [-0.15, -0.1) is 0 Å². The van der Waals surface area contributed by atoms with Crippen LogP contribution in [0.4, 0.5) is 0 Å². The first kappa shape index (κ1) is 11.3. The summed E-state index contributed by atoms with van der Waals surface area (Å²) in [6, 6.07) is 8.29. The number of rotatable bonds is 3. The van der Waals surface area contributed by atoms with E-state index in [9.17, 15) is 0 Å². The lowest BCUT2D eigenvalue weighted by Gasteiger charge is -2.08. The first-order valence-electron chi connectivity index (χ1n) is 4.89. The largest absolute Gasteiger partial charge is 0.399 e. The molecule has 0 fully saturated rings. The summed E-state index contributed by atoms with van der Waals surface area (Å²) < 4.78 is 0. The fraction of sp³-hybridized carbons (Fsp3) is 0.143. The summed E-state index contributed by atoms with van der Waals surface area (Å²) in [6.07, 6.45) is 1.85. The maximum atomic E-state index is 5.59. The van der Waals surface area contributed by atoms with E-state index in [0.717, 1.165) is 16.7 Å². The van der Waals surface area contributed by atoms with E-state index in [4.69, 9.17) is 5.73 Å². The molecule has 0 saturated carbocycles. The second kappa shape index (κ2) is 4.65. The van der Waals surface area contributed by atoms with Crippen LogP contribution in [-0.4, -0.2) is 0 Å². The summed E-state index contributed by atoms with van der Waals surface area (Å²) in [5.41, 5.74) is 10.5. The minimum atomic E-state index is 0.550. The number of allylic oxidation sites excluding steroid dienone is 3. The zero-order chi connectivity index (χ0) is 11.4. The Labute approximate surface area is 91.6 Å². The van der Waals surface area contributed by atoms with Crippen LogP contribution in [0.5, 0.6) is 0 Å². The average Bonchev–Trinajstić information content (AvgIpc) is 2.15. The Morgan fingerprint density at radius 3 is 2.13 bits per heavy atom. The Kier molecular flexibility index (Phi) is 3.51. The Bertz CT molecular complexity index is 407. The fourth-order valence-corrected chi connectivity index (χ4v) is 1.37. The molecule has 78 valence electrons. The van der Waals surface area contributed by atoms with E-state index < -0.39 is 0 Å². The van der Waals surface area contributed by atoms with Gasteiger partial charge in [0.15, 0.2) is 0 Å². The third kappa shape index (κ3) is 3.13. The molecule has 0 atom stereocenters. The molecule has 0 aliphatic heterocycles. The molecule has 0 aliphatic carbocycles. The van der Waals surface area contributed by atoms with Crippen molar-refractivity contribution in [3.63, 3.8) is 0 Å². The zero-order valence-electron chi connectivity index (χ0n) is 9.38. The Morgan fingerprint density at radius 1 is 1.20 bits per heavy atom. The van der Waals surface area contributed by atoms with Crippen LogP contribution in [0.2, 0.25) is 0 Å². The van der Waals surface area contributed by atoms with E-state index in [2.05, 4.69) is 44.3 Å². The van der Waals surface area contributed by atoms with Crippen LogP contribution in [0.3, 0.4) is 0 Å². The van der Waals surface area contributed by atoms with Gasteiger partial charge < -0.3 is 5.73 Å². The molecule has 1 aromatic rings. The second-order valence-electron chi connectivity index (χ2n) is 3.78. The number of nitrogens with two attached hydrogens (primary N) is 1. The van der Waals surface area contributed by atoms with Crippen LogP contribution < -0.4 is 5.73 Å². The molecule has 1 rings (SSSR count). The fourth-order valence-electron chi connectivity index (χ4n) is 1.37. The van der Waals surface area contributed by atoms with Crippen LogP contribution in [0, 0.1) is 6.92 Å². The highest BCUT2D eigenvalue weighted by atomic mass is 14.5. The van der Waals surface area contributed by atoms with Gasteiger partial charge in [0, 0.05) is 5.70 Å². The monoisotopic (exact) mass is 199 g/mol. The van der Waals surface area contributed by atoms with E-state index in [0.29, 0.717) is 5.70 Å². The summed E-state index contributed by atoms with van der Waals surface area (Å²) in [5, 5.41) is 0. The summed E-state index contributed by atoms with van der Waals surface area (Å²) in [4.78, 5) is 0. The van der Waals surface area contributed by atoms with Crippen molar-refractivity contribution < 1.29 is 0 Å². The van der Waals surface area contributed by atoms with Crippen LogP contribution in [-0.2, 0) is 0 Å². The predicted octanol–water partition coefficient (Wildman–Crippen LogP) is 3.43. The molecule has 0 aromatic heterocycles. The molecule has 15 heavy (non-hydrogen) atoms. The lowest BCUT2D eigenvalue weighted by molar-refractivity contribution is 1.41. The van der Waals surface area contributed by atoms with Crippen molar-refractivity contribution in [2.24, 2.45) is 5.73 Å². The molecule has 1 heteroatoms. The molecule has 0 amide bonds. The average molecular weight is 199 g/mol. The van der Waals surface area contributed by atoms with Gasteiger partial charge in [0.1, 0.15) is 0 Å². The highest BCUT2D eigenvalue weighted by molar-refractivity contribution is 5.79. The van der Waals surface area contributed by atoms with Gasteiger partial charge in [-0.05, 0) is 31.1 Å². The standard InChI is InChI=1S/C14H17N/c1-10(2)14(9-12(4)15)13-7-5-11(3)6-8-13/h5-9H,1,4,15H2,2-3H3/b14-9+. The summed E-state index contributed by atoms with van der Waals surface area (Å²) >= 11 is 0. The maximum Gasteiger partial charge on any atom is 0.0247 e. The van der Waals surface area contributed by atoms with Gasteiger partial charge in [-0.3, -0.25) is 0 Å². The second-order valence-corrected chi connectivity index (χ2v) is 3.78. The molecule has 0 aliphatic rings. The van der Waals surface area contributed by atoms with Crippen LogP contribution in [0.15, 0.2) is 54.8 Å². The van der Waals surface area contributed by atoms with Crippen LogP contribution >= 0.6 is 0 Å². The van der Waals surface area contributed by atoms with Crippen molar-refractivity contribution in [3.05, 3.63) is 65.9 Å². The van der Waals surface area contributed by atoms with Crippen molar-refractivity contribution in [1.29, 1.82) is 0 Å². The predicted molar refractivity (Wildman–Crippen MR) is 67.3 cm³/mol. The molecule has 1 nitrogen and oxygen atoms in total. The van der Waals surface area contributed by atoms with Crippen molar-refractivity contribution in [3.8, 4) is 0 Å². The van der Waals surface area contributed by atoms with Crippen molar-refractivity contribution in [2.75, 3.05) is 0 Å². The first-order chi connectivity index (χ1) is 7.00. The SMILES string of the molecule is C=C(N)/C=C(\C(=C)C)c1ccc(C)cc1. The minimum absolute atomic E-state index is 0.550. The summed E-state index contributed by atoms with van der Waals surface area (Å²) in [7, 11) is 0. The Balaban J connectivity index is 3.16. The molecule has 0 unspecified atom stereocenters. The first-order valence-corrected chi connectivity index (χ1v) is 4.89. The third-order valence-corrected chi connectivity index (χ3v) is 2.15. The van der Waals surface area contributed by atoms with E-state index in [1.54, 1.807) is 0 Å². The lowest BCUT2D eigenvalue weighted by Crippen LogP contribution is -1.93. The molecule has 0 saturated heterocycles. The smallest absolute Gasteiger partial charge is 0.0247 e. The molecule has 0 radical (unpaired) electrons. The number of hydrogen-bond donors (Lipinski definition) is 1. The summed E-state index contributed by atoms with van der Waals surface area (Å²) in [6.45, 7) is 11.7. The quantitative estimate of drug-likeness (QED) is 0.741. The molecule has 1 aromatic carbocycles. The van der Waals surface area contributed by atoms with E-state index in [1.165, 1.54) is 5.56 Å². The molecular weight excluding hydrogens is 182 g/mol. The molecule has 0 bridgehead atoms. The van der Waals surface area contributed by atoms with Gasteiger partial charge >= 0.3 is 0 Å². The zero-order valence-corrected chi connectivity index (χ0v) is 9.38. The Morgan fingerprint density at radius 2 is 1.73 bits per heavy atom. The van der Waals surface area contributed by atoms with E-state index in [-0.39, 0.29) is 0 Å². The molecular formula is C14H17N. The maximum absolute atomic E-state index is 5.59. The molecule has 0 heterocycles. The number of hydrogen-bond acceptors (Lipinski definition) is 1. The molecule has 2 N–H and O–H groups in total. The van der Waals surface area contributed by atoms with Gasteiger partial charge in [-0.1, -0.05) is 48.6 Å². The number of benzene rings is 1. The van der Waals surface area contributed by atoms with Gasteiger partial charge in [0.05, 0.1) is 0 Å². The van der Waals surface area contributed by atoms with Crippen molar-refractivity contribution >= 4 is 5.57 Å². The topological polar surface area (TPSA) is 26.0 Å². The normalized spacial score (nSPS) is 11.2. The van der Waals surface area contributed by atoms with Gasteiger partial charge in [-0.2, -0.15) is 0 Å². The lowest BCUT2D eigenvalue weighted by atomic mass is 9.98. The Hall–Kier alpha value is -1.76. The van der Waals surface area contributed by atoms with Gasteiger partial charge in [0.2, 0.25) is 0 Å². The van der Waals surface area contributed by atoms with E-state index >= 15 is 0 Å².